The molecule has 0 fully saturated rings. The lowest BCUT2D eigenvalue weighted by Gasteiger charge is -2.24. The van der Waals surface area contributed by atoms with Crippen LogP contribution in [0.4, 0.5) is 5.69 Å². The Labute approximate surface area is 132 Å². The number of para-hydroxylation sites is 1. The van der Waals surface area contributed by atoms with E-state index in [0.29, 0.717) is 4.99 Å². The van der Waals surface area contributed by atoms with E-state index in [1.807, 2.05) is 18.2 Å². The second kappa shape index (κ2) is 6.27. The molecule has 0 saturated carbocycles. The Morgan fingerprint density at radius 1 is 1.10 bits per heavy atom. The molecular formula is C18H22N2S. The van der Waals surface area contributed by atoms with Crippen LogP contribution in [0.2, 0.25) is 0 Å². The summed E-state index contributed by atoms with van der Waals surface area (Å²) in [6.45, 7) is 7.32. The standard InChI is InChI=1S/C18H22N2S/c1-12-9-13(2)16(14(3)10-12)11-20(4)17-8-6-5-7-15(17)18(19)21/h5-10H,11H2,1-4H3,(H2,19,21). The van der Waals surface area contributed by atoms with Gasteiger partial charge in [-0.2, -0.15) is 0 Å². The number of rotatable bonds is 4. The normalized spacial score (nSPS) is 10.5. The molecule has 2 rings (SSSR count). The van der Waals surface area contributed by atoms with Gasteiger partial charge in [0.1, 0.15) is 4.99 Å². The summed E-state index contributed by atoms with van der Waals surface area (Å²) in [4.78, 5) is 2.65. The summed E-state index contributed by atoms with van der Waals surface area (Å²) < 4.78 is 0. The molecule has 0 unspecified atom stereocenters. The molecule has 0 aliphatic rings. The van der Waals surface area contributed by atoms with Crippen LogP contribution in [-0.4, -0.2) is 12.0 Å². The Morgan fingerprint density at radius 3 is 2.24 bits per heavy atom. The maximum absolute atomic E-state index is 5.83. The lowest BCUT2D eigenvalue weighted by Crippen LogP contribution is -2.22. The highest BCUT2D eigenvalue weighted by Crippen LogP contribution is 2.24. The fourth-order valence-corrected chi connectivity index (χ4v) is 2.97. The van der Waals surface area contributed by atoms with E-state index in [-0.39, 0.29) is 0 Å². The van der Waals surface area contributed by atoms with Gasteiger partial charge in [0, 0.05) is 24.8 Å². The number of hydrogen-bond donors (Lipinski definition) is 1. The van der Waals surface area contributed by atoms with E-state index < -0.39 is 0 Å². The quantitative estimate of drug-likeness (QED) is 0.869. The van der Waals surface area contributed by atoms with Crippen LogP contribution < -0.4 is 10.6 Å². The number of hydrogen-bond acceptors (Lipinski definition) is 2. The number of thiocarbonyl (C=S) groups is 1. The van der Waals surface area contributed by atoms with Gasteiger partial charge in [-0.05, 0) is 49.6 Å². The van der Waals surface area contributed by atoms with Crippen LogP contribution in [0.1, 0.15) is 27.8 Å². The summed E-state index contributed by atoms with van der Waals surface area (Å²) in [5.41, 5.74) is 13.2. The van der Waals surface area contributed by atoms with Crippen molar-refractivity contribution in [1.82, 2.24) is 0 Å². The summed E-state index contributed by atoms with van der Waals surface area (Å²) in [6, 6.07) is 12.5. The van der Waals surface area contributed by atoms with Gasteiger partial charge < -0.3 is 10.6 Å². The molecule has 21 heavy (non-hydrogen) atoms. The minimum absolute atomic E-state index is 0.440. The molecule has 0 radical (unpaired) electrons. The number of aryl methyl sites for hydroxylation is 3. The molecule has 2 aromatic carbocycles. The lowest BCUT2D eigenvalue weighted by molar-refractivity contribution is 0.902. The average molecular weight is 298 g/mol. The maximum atomic E-state index is 5.83. The van der Waals surface area contributed by atoms with Crippen molar-refractivity contribution < 1.29 is 0 Å². The third kappa shape index (κ3) is 3.42. The summed E-state index contributed by atoms with van der Waals surface area (Å²) in [5, 5.41) is 0. The minimum Gasteiger partial charge on any atom is -0.389 e. The zero-order chi connectivity index (χ0) is 15.6. The van der Waals surface area contributed by atoms with Crippen LogP contribution in [0, 0.1) is 20.8 Å². The molecule has 0 atom stereocenters. The molecule has 110 valence electrons. The first kappa shape index (κ1) is 15.5. The lowest BCUT2D eigenvalue weighted by atomic mass is 9.99. The summed E-state index contributed by atoms with van der Waals surface area (Å²) in [5.74, 6) is 0. The van der Waals surface area contributed by atoms with Gasteiger partial charge in [-0.25, -0.2) is 0 Å². The fraction of sp³-hybridized carbons (Fsp3) is 0.278. The van der Waals surface area contributed by atoms with E-state index in [0.717, 1.165) is 17.8 Å². The van der Waals surface area contributed by atoms with E-state index in [1.54, 1.807) is 0 Å². The summed E-state index contributed by atoms with van der Waals surface area (Å²) in [6.07, 6.45) is 0. The third-order valence-corrected chi connectivity index (χ3v) is 4.04. The second-order valence-corrected chi connectivity index (χ2v) is 6.05. The van der Waals surface area contributed by atoms with Crippen LogP contribution >= 0.6 is 12.2 Å². The number of nitrogens with two attached hydrogens (primary N) is 1. The number of nitrogens with zero attached hydrogens (tertiary/aromatic N) is 1. The SMILES string of the molecule is Cc1cc(C)c(CN(C)c2ccccc2C(N)=S)c(C)c1. The molecule has 2 N–H and O–H groups in total. The van der Waals surface area contributed by atoms with Gasteiger partial charge in [0.05, 0.1) is 0 Å². The predicted octanol–water partition coefficient (Wildman–Crippen LogP) is 3.88. The summed E-state index contributed by atoms with van der Waals surface area (Å²) in [7, 11) is 2.08. The van der Waals surface area contributed by atoms with Gasteiger partial charge >= 0.3 is 0 Å². The van der Waals surface area contributed by atoms with Crippen molar-refractivity contribution in [2.45, 2.75) is 27.3 Å². The Balaban J connectivity index is 2.35. The van der Waals surface area contributed by atoms with Crippen molar-refractivity contribution in [2.75, 3.05) is 11.9 Å². The first-order valence-corrected chi connectivity index (χ1v) is 7.47. The topological polar surface area (TPSA) is 29.3 Å². The Kier molecular flexibility index (Phi) is 4.63. The second-order valence-electron chi connectivity index (χ2n) is 5.61. The predicted molar refractivity (Wildman–Crippen MR) is 95.1 cm³/mol. The molecule has 2 aromatic rings. The molecule has 2 nitrogen and oxygen atoms in total. The van der Waals surface area contributed by atoms with Crippen LogP contribution in [0.3, 0.4) is 0 Å². The van der Waals surface area contributed by atoms with E-state index in [4.69, 9.17) is 18.0 Å². The molecule has 0 bridgehead atoms. The van der Waals surface area contributed by atoms with Crippen molar-refractivity contribution in [3.63, 3.8) is 0 Å². The van der Waals surface area contributed by atoms with Gasteiger partial charge in [0.15, 0.2) is 0 Å². The highest BCUT2D eigenvalue weighted by molar-refractivity contribution is 7.80. The molecule has 0 aromatic heterocycles. The molecule has 0 spiro atoms. The van der Waals surface area contributed by atoms with Gasteiger partial charge in [0.25, 0.3) is 0 Å². The minimum atomic E-state index is 0.440. The smallest absolute Gasteiger partial charge is 0.106 e. The van der Waals surface area contributed by atoms with Crippen molar-refractivity contribution in [2.24, 2.45) is 5.73 Å². The van der Waals surface area contributed by atoms with Gasteiger partial charge in [-0.1, -0.05) is 42.0 Å². The summed E-state index contributed by atoms with van der Waals surface area (Å²) >= 11 is 5.15. The molecule has 3 heteroatoms. The Hall–Kier alpha value is -1.87. The monoisotopic (exact) mass is 298 g/mol. The van der Waals surface area contributed by atoms with Crippen LogP contribution in [-0.2, 0) is 6.54 Å². The third-order valence-electron chi connectivity index (χ3n) is 3.82. The van der Waals surface area contributed by atoms with E-state index >= 15 is 0 Å². The van der Waals surface area contributed by atoms with Crippen molar-refractivity contribution in [3.05, 3.63) is 64.2 Å². The van der Waals surface area contributed by atoms with E-state index in [9.17, 15) is 0 Å². The van der Waals surface area contributed by atoms with Crippen molar-refractivity contribution >= 4 is 22.9 Å². The van der Waals surface area contributed by atoms with Crippen LogP contribution in [0.25, 0.3) is 0 Å². The molecule has 0 aliphatic heterocycles. The number of anilines is 1. The molecule has 0 aliphatic carbocycles. The van der Waals surface area contributed by atoms with Crippen LogP contribution in [0.15, 0.2) is 36.4 Å². The van der Waals surface area contributed by atoms with E-state index in [2.05, 4.69) is 50.9 Å². The Bertz CT molecular complexity index is 654. The fourth-order valence-electron chi connectivity index (χ4n) is 2.80. The van der Waals surface area contributed by atoms with Gasteiger partial charge in [-0.15, -0.1) is 0 Å². The van der Waals surface area contributed by atoms with E-state index in [1.165, 1.54) is 22.3 Å². The Morgan fingerprint density at radius 2 is 1.67 bits per heavy atom. The average Bonchev–Trinajstić information content (AvgIpc) is 2.42. The largest absolute Gasteiger partial charge is 0.389 e. The molecular weight excluding hydrogens is 276 g/mol. The first-order chi connectivity index (χ1) is 9.90. The zero-order valence-electron chi connectivity index (χ0n) is 13.1. The molecule has 0 saturated heterocycles. The first-order valence-electron chi connectivity index (χ1n) is 7.07. The van der Waals surface area contributed by atoms with Crippen LogP contribution in [0.5, 0.6) is 0 Å². The zero-order valence-corrected chi connectivity index (χ0v) is 13.9. The van der Waals surface area contributed by atoms with Crippen molar-refractivity contribution in [3.8, 4) is 0 Å². The highest BCUT2D eigenvalue weighted by atomic mass is 32.1. The van der Waals surface area contributed by atoms with Crippen molar-refractivity contribution in [1.29, 1.82) is 0 Å². The highest BCUT2D eigenvalue weighted by Gasteiger charge is 2.12. The maximum Gasteiger partial charge on any atom is 0.106 e. The van der Waals surface area contributed by atoms with Gasteiger partial charge in [0.2, 0.25) is 0 Å². The van der Waals surface area contributed by atoms with Gasteiger partial charge in [-0.3, -0.25) is 0 Å². The molecule has 0 heterocycles. The number of benzene rings is 2. The molecule has 0 amide bonds.